The second-order valence-electron chi connectivity index (χ2n) is 10.4. The largest absolute Gasteiger partial charge is 0.480 e. The quantitative estimate of drug-likeness (QED) is 0.248. The van der Waals surface area contributed by atoms with E-state index in [-0.39, 0.29) is 25.0 Å². The number of hydrogen-bond donors (Lipinski definition) is 1. The molecule has 10 heteroatoms. The summed E-state index contributed by atoms with van der Waals surface area (Å²) < 4.78 is 12.8. The third kappa shape index (κ3) is 5.20. The number of ether oxygens (including phenoxy) is 2. The molecule has 1 N–H and O–H groups in total. The second kappa shape index (κ2) is 11.8. The first kappa shape index (κ1) is 29.1. The van der Waals surface area contributed by atoms with Gasteiger partial charge in [0.2, 0.25) is 5.88 Å². The molecule has 42 heavy (non-hydrogen) atoms. The van der Waals surface area contributed by atoms with Crippen molar-refractivity contribution in [3.05, 3.63) is 93.4 Å². The number of methoxy groups -OCH3 is 1. The number of fused-ring (bicyclic) bond motifs is 1. The van der Waals surface area contributed by atoms with Crippen LogP contribution in [0.3, 0.4) is 0 Å². The minimum absolute atomic E-state index is 0.0538. The highest BCUT2D eigenvalue weighted by molar-refractivity contribution is 6.30. The van der Waals surface area contributed by atoms with Gasteiger partial charge in [-0.05, 0) is 74.7 Å². The van der Waals surface area contributed by atoms with Crippen molar-refractivity contribution in [2.24, 2.45) is 0 Å². The molecule has 1 aliphatic rings. The van der Waals surface area contributed by atoms with Crippen molar-refractivity contribution in [2.45, 2.75) is 52.4 Å². The first-order valence-electron chi connectivity index (χ1n) is 13.7. The minimum atomic E-state index is -1.10. The topological polar surface area (TPSA) is 114 Å². The van der Waals surface area contributed by atoms with E-state index in [1.807, 2.05) is 62.1 Å². The molecule has 0 amide bonds. The molecule has 2 unspecified atom stereocenters. The molecule has 2 aromatic carbocycles. The van der Waals surface area contributed by atoms with Gasteiger partial charge < -0.3 is 24.0 Å². The molecule has 2 aromatic heterocycles. The van der Waals surface area contributed by atoms with Crippen LogP contribution in [0.15, 0.2) is 54.7 Å². The van der Waals surface area contributed by atoms with Crippen LogP contribution in [-0.4, -0.2) is 39.3 Å². The zero-order chi connectivity index (χ0) is 30.1. The summed E-state index contributed by atoms with van der Waals surface area (Å²) in [5.41, 5.74) is 5.67. The lowest BCUT2D eigenvalue weighted by atomic mass is 10.0. The average Bonchev–Trinajstić information content (AvgIpc) is 3.49. The molecule has 3 heterocycles. The number of rotatable bonds is 8. The number of carbonyl (C=O) groups is 1. The summed E-state index contributed by atoms with van der Waals surface area (Å²) in [5.74, 6) is 0.555. The normalized spacial score (nSPS) is 15.9. The summed E-state index contributed by atoms with van der Waals surface area (Å²) in [6.07, 6.45) is 0.546. The maximum absolute atomic E-state index is 12.2. The van der Waals surface area contributed by atoms with Gasteiger partial charge in [0.1, 0.15) is 11.5 Å². The zero-order valence-corrected chi connectivity index (χ0v) is 24.9. The van der Waals surface area contributed by atoms with Crippen LogP contribution < -0.4 is 9.64 Å². The Balaban J connectivity index is 1.74. The standard InChI is InChI=1S/C32H32ClN5O4/c1-6-42-26(39)14-21-13-24(31(41-5)35-17-21)30-36-27-29(37(30)18(2)3)28(22-10-8-20(16-34)9-11-22)38(32(27)40)25-15-23(33)12-7-19(25)4/h7-13,15,17-18,28,32,40H,6,14H2,1-5H3. The van der Waals surface area contributed by atoms with E-state index in [1.54, 1.807) is 25.3 Å². The Labute approximate surface area is 249 Å². The molecule has 0 radical (unpaired) electrons. The van der Waals surface area contributed by atoms with Crippen LogP contribution in [0.4, 0.5) is 5.69 Å². The van der Waals surface area contributed by atoms with Crippen molar-refractivity contribution in [1.82, 2.24) is 14.5 Å². The van der Waals surface area contributed by atoms with Gasteiger partial charge >= 0.3 is 5.97 Å². The number of halogens is 1. The summed E-state index contributed by atoms with van der Waals surface area (Å²) in [4.78, 5) is 23.6. The van der Waals surface area contributed by atoms with Gasteiger partial charge in [0.25, 0.3) is 0 Å². The molecule has 0 fully saturated rings. The lowest BCUT2D eigenvalue weighted by Gasteiger charge is -2.33. The number of imidazole rings is 1. The van der Waals surface area contributed by atoms with Crippen molar-refractivity contribution < 1.29 is 19.4 Å². The predicted molar refractivity (Wildman–Crippen MR) is 159 cm³/mol. The van der Waals surface area contributed by atoms with Gasteiger partial charge in [-0.25, -0.2) is 9.97 Å². The van der Waals surface area contributed by atoms with Gasteiger partial charge in [-0.3, -0.25) is 4.79 Å². The number of benzene rings is 2. The third-order valence-electron chi connectivity index (χ3n) is 7.34. The van der Waals surface area contributed by atoms with Crippen LogP contribution in [-0.2, 0) is 16.0 Å². The first-order valence-corrected chi connectivity index (χ1v) is 14.1. The Hall–Kier alpha value is -4.39. The van der Waals surface area contributed by atoms with E-state index < -0.39 is 12.3 Å². The van der Waals surface area contributed by atoms with Gasteiger partial charge in [-0.15, -0.1) is 0 Å². The van der Waals surface area contributed by atoms with E-state index >= 15 is 0 Å². The van der Waals surface area contributed by atoms with E-state index in [1.165, 1.54) is 7.11 Å². The van der Waals surface area contributed by atoms with Gasteiger partial charge in [-0.2, -0.15) is 5.26 Å². The molecule has 0 saturated heterocycles. The minimum Gasteiger partial charge on any atom is -0.480 e. The number of aromatic nitrogens is 3. The average molecular weight is 586 g/mol. The van der Waals surface area contributed by atoms with E-state index in [9.17, 15) is 15.2 Å². The van der Waals surface area contributed by atoms with Crippen LogP contribution in [0.2, 0.25) is 5.02 Å². The number of aryl methyl sites for hydroxylation is 1. The summed E-state index contributed by atoms with van der Waals surface area (Å²) in [7, 11) is 1.53. The number of pyridine rings is 1. The van der Waals surface area contributed by atoms with Gasteiger partial charge in [0.15, 0.2) is 6.23 Å². The van der Waals surface area contributed by atoms with E-state index in [2.05, 4.69) is 15.6 Å². The summed E-state index contributed by atoms with van der Waals surface area (Å²) >= 11 is 6.43. The number of hydrogen-bond acceptors (Lipinski definition) is 8. The van der Waals surface area contributed by atoms with Crippen molar-refractivity contribution >= 4 is 23.3 Å². The first-order chi connectivity index (χ1) is 20.2. The van der Waals surface area contributed by atoms with E-state index in [0.717, 1.165) is 22.5 Å². The molecule has 0 saturated carbocycles. The highest BCUT2D eigenvalue weighted by atomic mass is 35.5. The van der Waals surface area contributed by atoms with Crippen LogP contribution in [0, 0.1) is 18.3 Å². The molecule has 9 nitrogen and oxygen atoms in total. The lowest BCUT2D eigenvalue weighted by Crippen LogP contribution is -2.29. The Bertz CT molecular complexity index is 1680. The fourth-order valence-corrected chi connectivity index (χ4v) is 5.69. The Morgan fingerprint density at radius 1 is 1.19 bits per heavy atom. The summed E-state index contributed by atoms with van der Waals surface area (Å²) in [5, 5.41) is 21.9. The molecule has 2 atom stereocenters. The lowest BCUT2D eigenvalue weighted by molar-refractivity contribution is -0.142. The summed E-state index contributed by atoms with van der Waals surface area (Å²) in [6, 6.07) is 16.4. The van der Waals surface area contributed by atoms with Gasteiger partial charge in [0, 0.05) is 22.9 Å². The van der Waals surface area contributed by atoms with Gasteiger partial charge in [-0.1, -0.05) is 29.8 Å². The zero-order valence-electron chi connectivity index (χ0n) is 24.1. The number of nitrogens with zero attached hydrogens (tertiary/aromatic N) is 5. The van der Waals surface area contributed by atoms with Crippen molar-refractivity contribution in [3.8, 4) is 23.3 Å². The summed E-state index contributed by atoms with van der Waals surface area (Å²) in [6.45, 7) is 8.11. The Morgan fingerprint density at radius 3 is 2.57 bits per heavy atom. The fourth-order valence-electron chi connectivity index (χ4n) is 5.53. The van der Waals surface area contributed by atoms with Crippen LogP contribution in [0.5, 0.6) is 5.88 Å². The number of anilines is 1. The molecule has 0 spiro atoms. The number of aliphatic hydroxyl groups is 1. The molecule has 5 rings (SSSR count). The highest BCUT2D eigenvalue weighted by Crippen LogP contribution is 2.50. The number of esters is 1. The monoisotopic (exact) mass is 585 g/mol. The maximum atomic E-state index is 12.2. The van der Waals surface area contributed by atoms with Crippen LogP contribution >= 0.6 is 11.6 Å². The van der Waals surface area contributed by atoms with Crippen molar-refractivity contribution in [1.29, 1.82) is 5.26 Å². The maximum Gasteiger partial charge on any atom is 0.310 e. The number of carbonyl (C=O) groups excluding carboxylic acids is 1. The third-order valence-corrected chi connectivity index (χ3v) is 7.57. The Kier molecular flexibility index (Phi) is 8.21. The molecule has 1 aliphatic heterocycles. The fraction of sp³-hybridized carbons (Fsp3) is 0.312. The van der Waals surface area contributed by atoms with Crippen LogP contribution in [0.1, 0.15) is 72.7 Å². The van der Waals surface area contributed by atoms with E-state index in [0.29, 0.717) is 39.1 Å². The molecule has 0 aliphatic carbocycles. The number of nitriles is 1. The predicted octanol–water partition coefficient (Wildman–Crippen LogP) is 6.07. The molecule has 216 valence electrons. The second-order valence-corrected chi connectivity index (χ2v) is 10.8. The highest BCUT2D eigenvalue weighted by Gasteiger charge is 2.45. The van der Waals surface area contributed by atoms with Crippen molar-refractivity contribution in [3.63, 3.8) is 0 Å². The van der Waals surface area contributed by atoms with Crippen molar-refractivity contribution in [2.75, 3.05) is 18.6 Å². The van der Waals surface area contributed by atoms with Gasteiger partial charge in [0.05, 0.1) is 49.1 Å². The Morgan fingerprint density at radius 2 is 1.93 bits per heavy atom. The SMILES string of the molecule is CCOC(=O)Cc1cnc(OC)c(-c2nc3c(n2C(C)C)C(c2ccc(C#N)cc2)N(c2cc(Cl)ccc2C)C3O)c1. The van der Waals surface area contributed by atoms with Crippen LogP contribution in [0.25, 0.3) is 11.4 Å². The molecule has 0 bridgehead atoms. The van der Waals surface area contributed by atoms with E-state index in [4.69, 9.17) is 26.1 Å². The molecule has 4 aromatic rings. The molecular weight excluding hydrogens is 554 g/mol. The smallest absolute Gasteiger partial charge is 0.310 e. The number of aliphatic hydroxyl groups excluding tert-OH is 1. The molecular formula is C32H32ClN5O4.